The zero-order valence-corrected chi connectivity index (χ0v) is 9.74. The van der Waals surface area contributed by atoms with Gasteiger partial charge in [0.05, 0.1) is 0 Å². The normalized spacial score (nSPS) is 28.7. The fraction of sp³-hybridized carbons (Fsp3) is 0.500. The van der Waals surface area contributed by atoms with Crippen molar-refractivity contribution in [2.45, 2.75) is 19.8 Å². The van der Waals surface area contributed by atoms with Crippen molar-refractivity contribution < 1.29 is 0 Å². The van der Waals surface area contributed by atoms with Gasteiger partial charge in [-0.1, -0.05) is 6.08 Å². The summed E-state index contributed by atoms with van der Waals surface area (Å²) in [5, 5.41) is 3.52. The second-order valence-corrected chi connectivity index (χ2v) is 5.01. The Kier molecular flexibility index (Phi) is 2.52. The van der Waals surface area contributed by atoms with Crippen LogP contribution in [0.1, 0.15) is 24.0 Å². The molecule has 0 saturated carbocycles. The molecule has 0 amide bonds. The van der Waals surface area contributed by atoms with E-state index < -0.39 is 0 Å². The summed E-state index contributed by atoms with van der Waals surface area (Å²) in [6.45, 7) is 4.45. The molecule has 16 heavy (non-hydrogen) atoms. The molecule has 2 nitrogen and oxygen atoms in total. The van der Waals surface area contributed by atoms with E-state index in [0.717, 1.165) is 18.4 Å². The third-order valence-electron chi connectivity index (χ3n) is 3.85. The fourth-order valence-corrected chi connectivity index (χ4v) is 3.05. The molecule has 0 spiro atoms. The summed E-state index contributed by atoms with van der Waals surface area (Å²) in [5.41, 5.74) is 4.11. The predicted molar refractivity (Wildman–Crippen MR) is 66.0 cm³/mol. The lowest BCUT2D eigenvalue weighted by Crippen LogP contribution is -2.17. The van der Waals surface area contributed by atoms with Gasteiger partial charge in [-0.2, -0.15) is 0 Å². The Hall–Kier alpha value is -1.15. The minimum Gasteiger partial charge on any atom is -0.316 e. The molecule has 2 atom stereocenters. The number of fused-ring (bicyclic) bond motifs is 1. The monoisotopic (exact) mass is 214 g/mol. The van der Waals surface area contributed by atoms with Crippen LogP contribution in [0.3, 0.4) is 0 Å². The van der Waals surface area contributed by atoms with E-state index in [1.54, 1.807) is 0 Å². The van der Waals surface area contributed by atoms with Crippen molar-refractivity contribution in [3.63, 3.8) is 0 Å². The lowest BCUT2D eigenvalue weighted by Gasteiger charge is -2.26. The van der Waals surface area contributed by atoms with Gasteiger partial charge in [-0.05, 0) is 55.0 Å². The molecule has 0 radical (unpaired) electrons. The maximum atomic E-state index is 4.31. The summed E-state index contributed by atoms with van der Waals surface area (Å²) in [7, 11) is 0. The minimum atomic E-state index is 0.720. The largest absolute Gasteiger partial charge is 0.316 e. The van der Waals surface area contributed by atoms with Gasteiger partial charge in [0.2, 0.25) is 0 Å². The first kappa shape index (κ1) is 10.0. The zero-order chi connectivity index (χ0) is 11.0. The van der Waals surface area contributed by atoms with E-state index in [-0.39, 0.29) is 0 Å². The van der Waals surface area contributed by atoms with Crippen molar-refractivity contribution in [2.24, 2.45) is 11.8 Å². The van der Waals surface area contributed by atoms with Crippen molar-refractivity contribution >= 4 is 5.57 Å². The smallest absolute Gasteiger partial charge is 0.0343 e. The van der Waals surface area contributed by atoms with Crippen LogP contribution in [0.2, 0.25) is 0 Å². The number of nitrogens with zero attached hydrogens (tertiary/aromatic N) is 1. The van der Waals surface area contributed by atoms with E-state index in [2.05, 4.69) is 29.4 Å². The standard InChI is InChI=1S/C14H18N2/c1-10-5-12(8-15-6-10)13-4-2-3-11-7-16-9-14(11)13/h4-6,8,11,14,16H,2-3,7,9H2,1H3/t11-,14+/m0/s1. The van der Waals surface area contributed by atoms with Crippen LogP contribution < -0.4 is 5.32 Å². The maximum absolute atomic E-state index is 4.31. The molecule has 1 fully saturated rings. The summed E-state index contributed by atoms with van der Waals surface area (Å²) >= 11 is 0. The second kappa shape index (κ2) is 4.02. The van der Waals surface area contributed by atoms with Gasteiger partial charge in [-0.15, -0.1) is 0 Å². The van der Waals surface area contributed by atoms with Crippen LogP contribution >= 0.6 is 0 Å². The topological polar surface area (TPSA) is 24.9 Å². The van der Waals surface area contributed by atoms with E-state index in [4.69, 9.17) is 0 Å². The molecule has 1 N–H and O–H groups in total. The molecule has 2 heteroatoms. The first-order valence-electron chi connectivity index (χ1n) is 6.17. The molecular formula is C14H18N2. The van der Waals surface area contributed by atoms with E-state index in [0.29, 0.717) is 0 Å². The molecule has 1 aromatic heterocycles. The predicted octanol–water partition coefficient (Wildman–Crippen LogP) is 2.40. The average Bonchev–Trinajstić information content (AvgIpc) is 2.76. The number of hydrogen-bond donors (Lipinski definition) is 1. The van der Waals surface area contributed by atoms with Crippen molar-refractivity contribution in [1.82, 2.24) is 10.3 Å². The molecule has 0 bridgehead atoms. The highest BCUT2D eigenvalue weighted by molar-refractivity contribution is 5.68. The Balaban J connectivity index is 1.96. The van der Waals surface area contributed by atoms with Crippen LogP contribution in [0.4, 0.5) is 0 Å². The van der Waals surface area contributed by atoms with E-state index in [9.17, 15) is 0 Å². The van der Waals surface area contributed by atoms with Gasteiger partial charge in [-0.3, -0.25) is 4.98 Å². The number of rotatable bonds is 1. The first-order chi connectivity index (χ1) is 7.84. The van der Waals surface area contributed by atoms with Gasteiger partial charge >= 0.3 is 0 Å². The molecule has 84 valence electrons. The molecule has 3 rings (SSSR count). The van der Waals surface area contributed by atoms with Gasteiger partial charge in [0.1, 0.15) is 0 Å². The highest BCUT2D eigenvalue weighted by Crippen LogP contribution is 2.38. The number of pyridine rings is 1. The molecule has 2 aliphatic rings. The van der Waals surface area contributed by atoms with Crippen LogP contribution in [0.5, 0.6) is 0 Å². The van der Waals surface area contributed by atoms with Gasteiger partial charge in [0, 0.05) is 24.9 Å². The molecule has 1 saturated heterocycles. The highest BCUT2D eigenvalue weighted by atomic mass is 14.9. The maximum Gasteiger partial charge on any atom is 0.0343 e. The Morgan fingerprint density at radius 1 is 1.31 bits per heavy atom. The minimum absolute atomic E-state index is 0.720. The van der Waals surface area contributed by atoms with E-state index >= 15 is 0 Å². The van der Waals surface area contributed by atoms with Crippen molar-refractivity contribution in [2.75, 3.05) is 13.1 Å². The summed E-state index contributed by atoms with van der Waals surface area (Å²) in [5.74, 6) is 1.57. The number of nitrogens with one attached hydrogen (secondary N) is 1. The third kappa shape index (κ3) is 1.67. The molecule has 0 aromatic carbocycles. The summed E-state index contributed by atoms with van der Waals surface area (Å²) in [6, 6.07) is 2.26. The van der Waals surface area contributed by atoms with Gasteiger partial charge in [0.25, 0.3) is 0 Å². The summed E-state index contributed by atoms with van der Waals surface area (Å²) in [6.07, 6.45) is 8.94. The lowest BCUT2D eigenvalue weighted by atomic mass is 9.78. The summed E-state index contributed by atoms with van der Waals surface area (Å²) in [4.78, 5) is 4.31. The van der Waals surface area contributed by atoms with Crippen LogP contribution in [0.15, 0.2) is 24.5 Å². The van der Waals surface area contributed by atoms with E-state index in [1.165, 1.54) is 36.1 Å². The zero-order valence-electron chi connectivity index (χ0n) is 9.74. The molecule has 1 aliphatic carbocycles. The second-order valence-electron chi connectivity index (χ2n) is 5.01. The van der Waals surface area contributed by atoms with Crippen LogP contribution in [-0.2, 0) is 0 Å². The SMILES string of the molecule is Cc1cncc(C2=CCC[C@H]3CNC[C@@H]23)c1. The van der Waals surface area contributed by atoms with Crippen molar-refractivity contribution in [1.29, 1.82) is 0 Å². The average molecular weight is 214 g/mol. The Morgan fingerprint density at radius 2 is 2.25 bits per heavy atom. The van der Waals surface area contributed by atoms with Crippen LogP contribution in [-0.4, -0.2) is 18.1 Å². The first-order valence-corrected chi connectivity index (χ1v) is 6.17. The number of aromatic nitrogens is 1. The Labute approximate surface area is 96.8 Å². The van der Waals surface area contributed by atoms with Gasteiger partial charge < -0.3 is 5.32 Å². The molecule has 2 heterocycles. The molecule has 0 unspecified atom stereocenters. The fourth-order valence-electron chi connectivity index (χ4n) is 3.05. The number of aryl methyl sites for hydroxylation is 1. The molecule has 1 aliphatic heterocycles. The van der Waals surface area contributed by atoms with Crippen molar-refractivity contribution in [3.05, 3.63) is 35.7 Å². The number of hydrogen-bond acceptors (Lipinski definition) is 2. The van der Waals surface area contributed by atoms with Crippen LogP contribution in [0.25, 0.3) is 5.57 Å². The van der Waals surface area contributed by atoms with Gasteiger partial charge in [0.15, 0.2) is 0 Å². The quantitative estimate of drug-likeness (QED) is 0.776. The third-order valence-corrected chi connectivity index (χ3v) is 3.85. The molecule has 1 aromatic rings. The Morgan fingerprint density at radius 3 is 3.12 bits per heavy atom. The van der Waals surface area contributed by atoms with Crippen LogP contribution in [0, 0.1) is 18.8 Å². The van der Waals surface area contributed by atoms with Gasteiger partial charge in [-0.25, -0.2) is 0 Å². The highest BCUT2D eigenvalue weighted by Gasteiger charge is 2.32. The van der Waals surface area contributed by atoms with Crippen molar-refractivity contribution in [3.8, 4) is 0 Å². The number of allylic oxidation sites excluding steroid dienone is 1. The molecular weight excluding hydrogens is 196 g/mol. The lowest BCUT2D eigenvalue weighted by molar-refractivity contribution is 0.454. The Bertz CT molecular complexity index is 422. The summed E-state index contributed by atoms with van der Waals surface area (Å²) < 4.78 is 0. The van der Waals surface area contributed by atoms with E-state index in [1.807, 2.05) is 12.4 Å².